The van der Waals surface area contributed by atoms with Gasteiger partial charge in [0.1, 0.15) is 5.82 Å². The van der Waals surface area contributed by atoms with Gasteiger partial charge in [-0.05, 0) is 43.1 Å². The number of hydrogen-bond acceptors (Lipinski definition) is 1. The van der Waals surface area contributed by atoms with Gasteiger partial charge in [-0.15, -0.1) is 0 Å². The van der Waals surface area contributed by atoms with Gasteiger partial charge in [0, 0.05) is 6.04 Å². The van der Waals surface area contributed by atoms with Crippen molar-refractivity contribution in [2.75, 3.05) is 6.54 Å². The van der Waals surface area contributed by atoms with Crippen LogP contribution in [-0.2, 0) is 6.42 Å². The molecule has 0 aliphatic carbocycles. The summed E-state index contributed by atoms with van der Waals surface area (Å²) >= 11 is 0. The molecule has 2 aromatic rings. The molecule has 0 aromatic heterocycles. The number of aryl methyl sites for hydroxylation is 1. The van der Waals surface area contributed by atoms with Crippen molar-refractivity contribution in [2.45, 2.75) is 26.3 Å². The van der Waals surface area contributed by atoms with Gasteiger partial charge in [-0.1, -0.05) is 48.9 Å². The molecule has 0 spiro atoms. The fraction of sp³-hybridized carbons (Fsp3) is 0.294. The van der Waals surface area contributed by atoms with E-state index in [0.717, 1.165) is 18.5 Å². The highest BCUT2D eigenvalue weighted by Gasteiger charge is 2.11. The summed E-state index contributed by atoms with van der Waals surface area (Å²) in [6.07, 6.45) is 0.873. The van der Waals surface area contributed by atoms with Crippen molar-refractivity contribution in [3.05, 3.63) is 71.0 Å². The molecule has 0 aliphatic heterocycles. The minimum absolute atomic E-state index is 0.181. The van der Waals surface area contributed by atoms with E-state index in [0.29, 0.717) is 0 Å². The Morgan fingerprint density at radius 3 is 2.47 bits per heavy atom. The number of benzene rings is 2. The normalized spacial score (nSPS) is 12.4. The average Bonchev–Trinajstić information content (AvgIpc) is 2.41. The zero-order chi connectivity index (χ0) is 13.7. The summed E-state index contributed by atoms with van der Waals surface area (Å²) in [5.74, 6) is -0.181. The van der Waals surface area contributed by atoms with Crippen molar-refractivity contribution in [3.63, 3.8) is 0 Å². The van der Waals surface area contributed by atoms with Crippen LogP contribution < -0.4 is 5.32 Å². The quantitative estimate of drug-likeness (QED) is 0.852. The fourth-order valence-electron chi connectivity index (χ4n) is 2.30. The first-order valence-corrected chi connectivity index (χ1v) is 6.73. The van der Waals surface area contributed by atoms with Crippen LogP contribution in [-0.4, -0.2) is 6.54 Å². The van der Waals surface area contributed by atoms with E-state index < -0.39 is 0 Å². The van der Waals surface area contributed by atoms with Crippen LogP contribution in [0.25, 0.3) is 0 Å². The zero-order valence-corrected chi connectivity index (χ0v) is 11.5. The minimum atomic E-state index is -0.181. The van der Waals surface area contributed by atoms with Gasteiger partial charge in [-0.3, -0.25) is 0 Å². The van der Waals surface area contributed by atoms with E-state index >= 15 is 0 Å². The largest absolute Gasteiger partial charge is 0.310 e. The van der Waals surface area contributed by atoms with Crippen molar-refractivity contribution in [1.82, 2.24) is 5.32 Å². The SMILES string of the molecule is CCNC(Cc1ccc(F)cc1)c1cccc(C)c1. The Balaban J connectivity index is 2.18. The van der Waals surface area contributed by atoms with Crippen LogP contribution in [0, 0.1) is 12.7 Å². The zero-order valence-electron chi connectivity index (χ0n) is 11.5. The van der Waals surface area contributed by atoms with Gasteiger partial charge in [-0.25, -0.2) is 4.39 Å². The molecule has 100 valence electrons. The second-order valence-electron chi connectivity index (χ2n) is 4.85. The van der Waals surface area contributed by atoms with Crippen LogP contribution in [0.1, 0.15) is 29.7 Å². The Labute approximate surface area is 114 Å². The highest BCUT2D eigenvalue weighted by Crippen LogP contribution is 2.19. The molecule has 0 heterocycles. The van der Waals surface area contributed by atoms with Crippen molar-refractivity contribution in [2.24, 2.45) is 0 Å². The predicted molar refractivity (Wildman–Crippen MR) is 77.7 cm³/mol. The van der Waals surface area contributed by atoms with E-state index in [1.54, 1.807) is 0 Å². The first kappa shape index (κ1) is 13.8. The lowest BCUT2D eigenvalue weighted by Gasteiger charge is -2.19. The van der Waals surface area contributed by atoms with Crippen molar-refractivity contribution in [3.8, 4) is 0 Å². The third kappa shape index (κ3) is 3.90. The number of hydrogen-bond donors (Lipinski definition) is 1. The maximum absolute atomic E-state index is 12.9. The van der Waals surface area contributed by atoms with E-state index in [1.807, 2.05) is 12.1 Å². The van der Waals surface area contributed by atoms with Crippen LogP contribution in [0.3, 0.4) is 0 Å². The Hall–Kier alpha value is -1.67. The van der Waals surface area contributed by atoms with Crippen LogP contribution >= 0.6 is 0 Å². The average molecular weight is 257 g/mol. The monoisotopic (exact) mass is 257 g/mol. The number of halogens is 1. The second kappa shape index (κ2) is 6.48. The molecular weight excluding hydrogens is 237 g/mol. The highest BCUT2D eigenvalue weighted by molar-refractivity contribution is 5.27. The fourth-order valence-corrected chi connectivity index (χ4v) is 2.30. The molecule has 0 saturated heterocycles. The van der Waals surface area contributed by atoms with E-state index in [4.69, 9.17) is 0 Å². The number of nitrogens with one attached hydrogen (secondary N) is 1. The second-order valence-corrected chi connectivity index (χ2v) is 4.85. The van der Waals surface area contributed by atoms with Gasteiger partial charge >= 0.3 is 0 Å². The Kier molecular flexibility index (Phi) is 4.69. The standard InChI is InChI=1S/C17H20FN/c1-3-19-17(15-6-4-5-13(2)11-15)12-14-7-9-16(18)10-8-14/h4-11,17,19H,3,12H2,1-2H3. The Morgan fingerprint density at radius 2 is 1.84 bits per heavy atom. The molecule has 0 bridgehead atoms. The first-order valence-electron chi connectivity index (χ1n) is 6.73. The number of likely N-dealkylation sites (N-methyl/N-ethyl adjacent to an activating group) is 1. The molecule has 0 fully saturated rings. The van der Waals surface area contributed by atoms with Crippen LogP contribution in [0.4, 0.5) is 4.39 Å². The minimum Gasteiger partial charge on any atom is -0.310 e. The highest BCUT2D eigenvalue weighted by atomic mass is 19.1. The third-order valence-electron chi connectivity index (χ3n) is 3.25. The molecule has 1 atom stereocenters. The summed E-state index contributed by atoms with van der Waals surface area (Å²) in [6, 6.07) is 15.6. The lowest BCUT2D eigenvalue weighted by atomic mass is 9.97. The molecular formula is C17H20FN. The molecule has 0 aliphatic rings. The Morgan fingerprint density at radius 1 is 1.11 bits per heavy atom. The Bertz CT molecular complexity index is 519. The van der Waals surface area contributed by atoms with Crippen LogP contribution in [0.5, 0.6) is 0 Å². The van der Waals surface area contributed by atoms with E-state index in [-0.39, 0.29) is 11.9 Å². The molecule has 2 rings (SSSR count). The van der Waals surface area contributed by atoms with Crippen molar-refractivity contribution in [1.29, 1.82) is 0 Å². The molecule has 1 N–H and O–H groups in total. The van der Waals surface area contributed by atoms with Crippen LogP contribution in [0.2, 0.25) is 0 Å². The molecule has 0 amide bonds. The number of rotatable bonds is 5. The smallest absolute Gasteiger partial charge is 0.123 e. The molecule has 2 aromatic carbocycles. The van der Waals surface area contributed by atoms with E-state index in [9.17, 15) is 4.39 Å². The van der Waals surface area contributed by atoms with Crippen molar-refractivity contribution < 1.29 is 4.39 Å². The van der Waals surface area contributed by atoms with Gasteiger partial charge < -0.3 is 5.32 Å². The van der Waals surface area contributed by atoms with Gasteiger partial charge in [0.2, 0.25) is 0 Å². The van der Waals surface area contributed by atoms with Gasteiger partial charge in [0.25, 0.3) is 0 Å². The lowest BCUT2D eigenvalue weighted by Crippen LogP contribution is -2.23. The maximum Gasteiger partial charge on any atom is 0.123 e. The molecule has 0 radical (unpaired) electrons. The molecule has 2 heteroatoms. The molecule has 1 unspecified atom stereocenters. The van der Waals surface area contributed by atoms with E-state index in [1.165, 1.54) is 23.3 Å². The van der Waals surface area contributed by atoms with Crippen molar-refractivity contribution >= 4 is 0 Å². The van der Waals surface area contributed by atoms with E-state index in [2.05, 4.69) is 43.4 Å². The topological polar surface area (TPSA) is 12.0 Å². The third-order valence-corrected chi connectivity index (χ3v) is 3.25. The predicted octanol–water partition coefficient (Wildman–Crippen LogP) is 4.03. The summed E-state index contributed by atoms with van der Waals surface area (Å²) in [7, 11) is 0. The molecule has 1 nitrogen and oxygen atoms in total. The summed E-state index contributed by atoms with van der Waals surface area (Å²) in [6.45, 7) is 5.12. The summed E-state index contributed by atoms with van der Waals surface area (Å²) in [5.41, 5.74) is 3.69. The maximum atomic E-state index is 12.9. The molecule has 19 heavy (non-hydrogen) atoms. The van der Waals surface area contributed by atoms with Gasteiger partial charge in [-0.2, -0.15) is 0 Å². The summed E-state index contributed by atoms with van der Waals surface area (Å²) in [4.78, 5) is 0. The van der Waals surface area contributed by atoms with Crippen LogP contribution in [0.15, 0.2) is 48.5 Å². The first-order chi connectivity index (χ1) is 9.19. The summed E-state index contributed by atoms with van der Waals surface area (Å²) in [5, 5.41) is 3.50. The summed E-state index contributed by atoms with van der Waals surface area (Å²) < 4.78 is 12.9. The molecule has 0 saturated carbocycles. The lowest BCUT2D eigenvalue weighted by molar-refractivity contribution is 0.548. The van der Waals surface area contributed by atoms with Gasteiger partial charge in [0.05, 0.1) is 0 Å². The van der Waals surface area contributed by atoms with Gasteiger partial charge in [0.15, 0.2) is 0 Å².